The van der Waals surface area contributed by atoms with Crippen LogP contribution in [0.4, 0.5) is 5.69 Å². The predicted octanol–water partition coefficient (Wildman–Crippen LogP) is 6.26. The second kappa shape index (κ2) is 7.57. The number of aryl methyl sites for hydroxylation is 1. The molecule has 1 amide bonds. The lowest BCUT2D eigenvalue weighted by atomic mass is 10.1. The number of azo groups is 1. The summed E-state index contributed by atoms with van der Waals surface area (Å²) < 4.78 is 3.73. The number of fused-ring (bicyclic) bond motifs is 4. The lowest BCUT2D eigenvalue weighted by Gasteiger charge is -2.02. The fourth-order valence-corrected chi connectivity index (χ4v) is 4.45. The van der Waals surface area contributed by atoms with E-state index in [1.807, 2.05) is 66.2 Å². The zero-order valence-electron chi connectivity index (χ0n) is 17.9. The number of rotatable bonds is 3. The van der Waals surface area contributed by atoms with Crippen molar-refractivity contribution in [1.29, 1.82) is 0 Å². The highest BCUT2D eigenvalue weighted by molar-refractivity contribution is 6.31. The van der Waals surface area contributed by atoms with Gasteiger partial charge in [0, 0.05) is 23.0 Å². The van der Waals surface area contributed by atoms with E-state index in [1.165, 1.54) is 0 Å². The summed E-state index contributed by atoms with van der Waals surface area (Å²) in [6, 6.07) is 22.3. The predicted molar refractivity (Wildman–Crippen MR) is 131 cm³/mol. The number of imidazole rings is 2. The average molecular weight is 469 g/mol. The van der Waals surface area contributed by atoms with E-state index in [1.54, 1.807) is 22.6 Å². The summed E-state index contributed by atoms with van der Waals surface area (Å²) in [6.45, 7) is 0. The molecule has 0 aliphatic rings. The number of hydrogen-bond acceptors (Lipinski definition) is 4. The fourth-order valence-electron chi connectivity index (χ4n) is 4.28. The molecule has 0 aliphatic carbocycles. The number of carbonyl (C=O) groups is 1. The molecule has 3 aromatic heterocycles. The number of nitrogens with one attached hydrogen (secondary N) is 1. The Balaban J connectivity index is 1.56. The summed E-state index contributed by atoms with van der Waals surface area (Å²) >= 11 is 6.11. The van der Waals surface area contributed by atoms with Gasteiger partial charge >= 0.3 is 5.91 Å². The summed E-state index contributed by atoms with van der Waals surface area (Å²) in [5, 5.41) is 19.5. The normalized spacial score (nSPS) is 11.9. The Bertz CT molecular complexity index is 1760. The maximum Gasteiger partial charge on any atom is 0.314 e. The van der Waals surface area contributed by atoms with Crippen LogP contribution in [0.1, 0.15) is 10.5 Å². The van der Waals surface area contributed by atoms with E-state index in [2.05, 4.69) is 15.2 Å². The summed E-state index contributed by atoms with van der Waals surface area (Å²) in [4.78, 5) is 21.1. The number of aromatic hydroxyl groups is 1. The number of hydrogen-bond donors (Lipinski definition) is 2. The Morgan fingerprint density at radius 1 is 1.03 bits per heavy atom. The van der Waals surface area contributed by atoms with Crippen molar-refractivity contribution in [2.75, 3.05) is 0 Å². The van der Waals surface area contributed by atoms with Crippen LogP contribution in [0.3, 0.4) is 0 Å². The van der Waals surface area contributed by atoms with Crippen LogP contribution in [0.15, 0.2) is 83.0 Å². The molecule has 166 valence electrons. The molecular weight excluding hydrogens is 452 g/mol. The lowest BCUT2D eigenvalue weighted by Crippen LogP contribution is -2.01. The van der Waals surface area contributed by atoms with Gasteiger partial charge in [-0.05, 0) is 30.3 Å². The number of H-pyrrole nitrogens is 1. The molecule has 0 spiro atoms. The van der Waals surface area contributed by atoms with Gasteiger partial charge < -0.3 is 14.7 Å². The minimum Gasteiger partial charge on any atom is -0.493 e. The van der Waals surface area contributed by atoms with Crippen LogP contribution in [0.2, 0.25) is 5.02 Å². The molecule has 3 heterocycles. The lowest BCUT2D eigenvalue weighted by molar-refractivity contribution is 0.0990. The molecule has 0 saturated carbocycles. The quantitative estimate of drug-likeness (QED) is 0.300. The molecule has 8 nitrogen and oxygen atoms in total. The van der Waals surface area contributed by atoms with E-state index < -0.39 is 5.91 Å². The Labute approximate surface area is 197 Å². The minimum absolute atomic E-state index is 0.144. The SMILES string of the molecule is Cn1c2ccccc2n2c(C(=O)N=Nc3c(O)[nH]c4ccc(Cl)cc34)c(-c3ccccc3)nc12. The van der Waals surface area contributed by atoms with Crippen molar-refractivity contribution in [1.82, 2.24) is 18.9 Å². The van der Waals surface area contributed by atoms with Crippen LogP contribution in [0.25, 0.3) is 39.0 Å². The molecule has 0 saturated heterocycles. The van der Waals surface area contributed by atoms with Crippen LogP contribution in [0.5, 0.6) is 5.88 Å². The van der Waals surface area contributed by atoms with Crippen LogP contribution in [-0.2, 0) is 7.05 Å². The fraction of sp³-hybridized carbons (Fsp3) is 0.0400. The van der Waals surface area contributed by atoms with E-state index in [4.69, 9.17) is 16.6 Å². The van der Waals surface area contributed by atoms with E-state index in [-0.39, 0.29) is 11.6 Å². The van der Waals surface area contributed by atoms with Gasteiger partial charge in [-0.3, -0.25) is 9.20 Å². The second-order valence-corrected chi connectivity index (χ2v) is 8.31. The highest BCUT2D eigenvalue weighted by Crippen LogP contribution is 2.37. The average Bonchev–Trinajstić information content (AvgIpc) is 3.48. The van der Waals surface area contributed by atoms with Gasteiger partial charge in [-0.1, -0.05) is 54.1 Å². The van der Waals surface area contributed by atoms with E-state index in [0.29, 0.717) is 33.1 Å². The first-order valence-corrected chi connectivity index (χ1v) is 10.9. The van der Waals surface area contributed by atoms with Crippen molar-refractivity contribution in [3.05, 3.63) is 83.5 Å². The van der Waals surface area contributed by atoms with Gasteiger partial charge in [0.1, 0.15) is 11.4 Å². The monoisotopic (exact) mass is 468 g/mol. The first kappa shape index (κ1) is 20.2. The topological polar surface area (TPSA) is 100 Å². The summed E-state index contributed by atoms with van der Waals surface area (Å²) in [6.07, 6.45) is 0. The molecule has 9 heteroatoms. The van der Waals surface area contributed by atoms with Gasteiger partial charge in [-0.15, -0.1) is 10.2 Å². The minimum atomic E-state index is -0.585. The van der Waals surface area contributed by atoms with Crippen molar-refractivity contribution < 1.29 is 9.90 Å². The van der Waals surface area contributed by atoms with E-state index in [0.717, 1.165) is 16.6 Å². The maximum atomic E-state index is 13.5. The number of nitrogens with zero attached hydrogens (tertiary/aromatic N) is 5. The third kappa shape index (κ3) is 3.00. The molecule has 0 radical (unpaired) electrons. The van der Waals surface area contributed by atoms with Gasteiger partial charge in [0.05, 0.1) is 16.6 Å². The Morgan fingerprint density at radius 2 is 1.76 bits per heavy atom. The zero-order valence-corrected chi connectivity index (χ0v) is 18.7. The Morgan fingerprint density at radius 3 is 2.56 bits per heavy atom. The van der Waals surface area contributed by atoms with Crippen molar-refractivity contribution in [3.8, 4) is 17.1 Å². The summed E-state index contributed by atoms with van der Waals surface area (Å²) in [5.41, 5.74) is 4.12. The zero-order chi connectivity index (χ0) is 23.4. The van der Waals surface area contributed by atoms with Crippen molar-refractivity contribution in [2.45, 2.75) is 0 Å². The second-order valence-electron chi connectivity index (χ2n) is 7.88. The van der Waals surface area contributed by atoms with Crippen LogP contribution in [-0.4, -0.2) is 29.9 Å². The number of aromatic amines is 1. The Kier molecular flexibility index (Phi) is 4.50. The number of para-hydroxylation sites is 2. The van der Waals surface area contributed by atoms with Gasteiger partial charge in [0.25, 0.3) is 0 Å². The largest absolute Gasteiger partial charge is 0.493 e. The number of aromatic nitrogens is 4. The molecule has 0 fully saturated rings. The Hall–Kier alpha value is -4.43. The summed E-state index contributed by atoms with van der Waals surface area (Å²) in [5.74, 6) is -0.167. The molecule has 34 heavy (non-hydrogen) atoms. The van der Waals surface area contributed by atoms with Crippen molar-refractivity contribution in [3.63, 3.8) is 0 Å². The van der Waals surface area contributed by atoms with Crippen molar-refractivity contribution in [2.24, 2.45) is 17.3 Å². The maximum absolute atomic E-state index is 13.5. The van der Waals surface area contributed by atoms with Gasteiger partial charge in [-0.2, -0.15) is 0 Å². The third-order valence-corrected chi connectivity index (χ3v) is 6.08. The molecule has 6 rings (SSSR count). The summed E-state index contributed by atoms with van der Waals surface area (Å²) in [7, 11) is 1.91. The molecule has 0 bridgehead atoms. The molecule has 2 N–H and O–H groups in total. The van der Waals surface area contributed by atoms with Crippen LogP contribution >= 0.6 is 11.6 Å². The molecular formula is C25H17ClN6O2. The van der Waals surface area contributed by atoms with Crippen molar-refractivity contribution >= 4 is 50.9 Å². The molecule has 0 aliphatic heterocycles. The van der Waals surface area contributed by atoms with Gasteiger partial charge in [0.2, 0.25) is 11.7 Å². The highest BCUT2D eigenvalue weighted by Gasteiger charge is 2.25. The molecule has 3 aromatic carbocycles. The van der Waals surface area contributed by atoms with Gasteiger partial charge in [-0.25, -0.2) is 4.98 Å². The molecule has 0 atom stereocenters. The number of benzene rings is 3. The van der Waals surface area contributed by atoms with Crippen LogP contribution in [0, 0.1) is 0 Å². The first-order chi connectivity index (χ1) is 16.5. The highest BCUT2D eigenvalue weighted by atomic mass is 35.5. The van der Waals surface area contributed by atoms with Crippen LogP contribution < -0.4 is 0 Å². The number of carbonyl (C=O) groups excluding carboxylic acids is 1. The number of halogens is 1. The number of amides is 1. The molecule has 0 unspecified atom stereocenters. The first-order valence-electron chi connectivity index (χ1n) is 10.5. The molecule has 6 aromatic rings. The smallest absolute Gasteiger partial charge is 0.314 e. The van der Waals surface area contributed by atoms with E-state index in [9.17, 15) is 9.90 Å². The van der Waals surface area contributed by atoms with E-state index >= 15 is 0 Å². The third-order valence-electron chi connectivity index (χ3n) is 5.85. The van der Waals surface area contributed by atoms with Gasteiger partial charge in [0.15, 0.2) is 5.69 Å². The standard InChI is InChI=1S/C25H17ClN6O2/c1-31-18-9-5-6-10-19(18)32-22(20(28-25(31)32)14-7-3-2-4-8-14)24(34)30-29-21-16-13-15(26)11-12-17(16)27-23(21)33/h2-13,27,33H,1H3.